The number of nitrogens with zero attached hydrogens (tertiary/aromatic N) is 3. The maximum Gasteiger partial charge on any atom is 0.329 e. The molecule has 25 heavy (non-hydrogen) atoms. The van der Waals surface area contributed by atoms with Crippen LogP contribution in [0.2, 0.25) is 0 Å². The Balaban J connectivity index is 2.14. The van der Waals surface area contributed by atoms with Gasteiger partial charge in [0.05, 0.1) is 6.54 Å². The third kappa shape index (κ3) is 3.10. The molecule has 0 saturated carbocycles. The summed E-state index contributed by atoms with van der Waals surface area (Å²) in [4.78, 5) is 43.3. The zero-order chi connectivity index (χ0) is 18.0. The first kappa shape index (κ1) is 16.7. The van der Waals surface area contributed by atoms with E-state index in [-0.39, 0.29) is 23.5 Å². The van der Waals surface area contributed by atoms with Crippen molar-refractivity contribution in [3.63, 3.8) is 0 Å². The van der Waals surface area contributed by atoms with Gasteiger partial charge in [0.15, 0.2) is 16.9 Å². The van der Waals surface area contributed by atoms with Gasteiger partial charge in [-0.25, -0.2) is 4.79 Å². The van der Waals surface area contributed by atoms with Gasteiger partial charge < -0.3 is 5.32 Å². The van der Waals surface area contributed by atoms with Crippen molar-refractivity contribution in [1.82, 2.24) is 19.1 Å². The third-order valence-corrected chi connectivity index (χ3v) is 3.94. The number of Topliss-reactive ketones (excluding diaryl/α,β-unsaturated/α-hetero) is 1. The van der Waals surface area contributed by atoms with E-state index in [9.17, 15) is 14.4 Å². The third-order valence-electron chi connectivity index (χ3n) is 3.94. The van der Waals surface area contributed by atoms with Crippen LogP contribution < -0.4 is 16.6 Å². The molecule has 0 fully saturated rings. The molecule has 0 amide bonds. The highest BCUT2D eigenvalue weighted by atomic mass is 16.2. The molecule has 0 aliphatic carbocycles. The molecule has 0 unspecified atom stereocenters. The summed E-state index contributed by atoms with van der Waals surface area (Å²) in [6.07, 6.45) is 0.852. The molecule has 2 heterocycles. The lowest BCUT2D eigenvalue weighted by molar-refractivity contribution is 0.0974. The molecule has 2 N–H and O–H groups in total. The minimum atomic E-state index is -0.559. The Bertz CT molecular complexity index is 1030. The summed E-state index contributed by atoms with van der Waals surface area (Å²) in [5, 5.41) is 3.11. The average Bonchev–Trinajstić information content (AvgIpc) is 2.97. The molecule has 0 bridgehead atoms. The number of hydrogen-bond acceptors (Lipinski definition) is 5. The fourth-order valence-electron chi connectivity index (χ4n) is 2.62. The summed E-state index contributed by atoms with van der Waals surface area (Å²) in [7, 11) is 1.53. The van der Waals surface area contributed by atoms with E-state index in [1.807, 2.05) is 13.0 Å². The quantitative estimate of drug-likeness (QED) is 0.654. The molecule has 1 aromatic carbocycles. The van der Waals surface area contributed by atoms with Crippen molar-refractivity contribution in [3.05, 3.63) is 56.7 Å². The normalized spacial score (nSPS) is 11.0. The highest BCUT2D eigenvalue weighted by Gasteiger charge is 2.19. The van der Waals surface area contributed by atoms with Crippen molar-refractivity contribution in [3.8, 4) is 0 Å². The SMILES string of the molecule is CCCNc1nc2c(c(=O)[nH]c(=O)n2C)n1CC(=O)c1ccccc1. The lowest BCUT2D eigenvalue weighted by atomic mass is 10.1. The number of fused-ring (bicyclic) bond motifs is 1. The maximum atomic E-state index is 12.6. The molecule has 0 atom stereocenters. The molecule has 8 heteroatoms. The number of imidazole rings is 1. The first-order valence-corrected chi connectivity index (χ1v) is 8.04. The van der Waals surface area contributed by atoms with Crippen LogP contribution in [-0.2, 0) is 13.6 Å². The molecule has 0 radical (unpaired) electrons. The van der Waals surface area contributed by atoms with Gasteiger partial charge in [-0.2, -0.15) is 4.98 Å². The minimum Gasteiger partial charge on any atom is -0.356 e. The molecular formula is C17H19N5O3. The number of carbonyl (C=O) groups is 1. The van der Waals surface area contributed by atoms with Crippen LogP contribution in [0.3, 0.4) is 0 Å². The highest BCUT2D eigenvalue weighted by Crippen LogP contribution is 2.16. The number of ketones is 1. The molecule has 0 saturated heterocycles. The molecule has 0 aliphatic heterocycles. The molecule has 0 spiro atoms. The van der Waals surface area contributed by atoms with Crippen LogP contribution in [0.4, 0.5) is 5.95 Å². The first-order chi connectivity index (χ1) is 12.0. The van der Waals surface area contributed by atoms with Gasteiger partial charge >= 0.3 is 5.69 Å². The Labute approximate surface area is 143 Å². The van der Waals surface area contributed by atoms with E-state index in [4.69, 9.17) is 0 Å². The number of hydrogen-bond donors (Lipinski definition) is 2. The van der Waals surface area contributed by atoms with Crippen molar-refractivity contribution >= 4 is 22.9 Å². The zero-order valence-corrected chi connectivity index (χ0v) is 14.1. The van der Waals surface area contributed by atoms with E-state index < -0.39 is 11.2 Å². The predicted octanol–water partition coefficient (Wildman–Crippen LogP) is 1.13. The second kappa shape index (κ2) is 6.76. The Hall–Kier alpha value is -3.16. The van der Waals surface area contributed by atoms with E-state index in [1.165, 1.54) is 16.2 Å². The van der Waals surface area contributed by atoms with Gasteiger partial charge in [-0.15, -0.1) is 0 Å². The van der Waals surface area contributed by atoms with Gasteiger partial charge in [0, 0.05) is 19.2 Å². The van der Waals surface area contributed by atoms with Crippen molar-refractivity contribution in [2.24, 2.45) is 7.05 Å². The van der Waals surface area contributed by atoms with Gasteiger partial charge in [-0.05, 0) is 6.42 Å². The van der Waals surface area contributed by atoms with E-state index in [1.54, 1.807) is 24.3 Å². The second-order valence-electron chi connectivity index (χ2n) is 5.73. The number of aromatic nitrogens is 4. The van der Waals surface area contributed by atoms with Crippen LogP contribution in [-0.4, -0.2) is 31.4 Å². The van der Waals surface area contributed by atoms with Gasteiger partial charge in [-0.1, -0.05) is 37.3 Å². The number of aryl methyl sites for hydroxylation is 1. The zero-order valence-electron chi connectivity index (χ0n) is 14.1. The maximum absolute atomic E-state index is 12.6. The summed E-state index contributed by atoms with van der Waals surface area (Å²) in [6, 6.07) is 8.84. The number of carbonyl (C=O) groups excluding carboxylic acids is 1. The standard InChI is InChI=1S/C17H19N5O3/c1-3-9-18-16-19-14-13(15(24)20-17(25)21(14)2)22(16)10-12(23)11-7-5-4-6-8-11/h4-8H,3,9-10H2,1-2H3,(H,18,19)(H,20,24,25). The van der Waals surface area contributed by atoms with Gasteiger partial charge in [-0.3, -0.25) is 23.7 Å². The number of benzene rings is 1. The summed E-state index contributed by atoms with van der Waals surface area (Å²) in [5.74, 6) is 0.250. The van der Waals surface area contributed by atoms with E-state index in [2.05, 4.69) is 15.3 Å². The fourth-order valence-corrected chi connectivity index (χ4v) is 2.62. The number of aromatic amines is 1. The van der Waals surface area contributed by atoms with Gasteiger partial charge in [0.1, 0.15) is 0 Å². The van der Waals surface area contributed by atoms with E-state index >= 15 is 0 Å². The highest BCUT2D eigenvalue weighted by molar-refractivity contribution is 5.96. The van der Waals surface area contributed by atoms with Gasteiger partial charge in [0.2, 0.25) is 5.95 Å². The van der Waals surface area contributed by atoms with Crippen LogP contribution in [0.15, 0.2) is 39.9 Å². The van der Waals surface area contributed by atoms with Crippen LogP contribution in [0, 0.1) is 0 Å². The topological polar surface area (TPSA) is 102 Å². The summed E-state index contributed by atoms with van der Waals surface area (Å²) in [6.45, 7) is 2.58. The Morgan fingerprint density at radius 1 is 1.24 bits per heavy atom. The van der Waals surface area contributed by atoms with Crippen molar-refractivity contribution in [1.29, 1.82) is 0 Å². The summed E-state index contributed by atoms with van der Waals surface area (Å²) in [5.41, 5.74) is -0.111. The number of H-pyrrole nitrogens is 1. The Morgan fingerprint density at radius 2 is 1.96 bits per heavy atom. The molecule has 3 aromatic rings. The number of rotatable bonds is 6. The van der Waals surface area contributed by atoms with Crippen LogP contribution in [0.5, 0.6) is 0 Å². The largest absolute Gasteiger partial charge is 0.356 e. The van der Waals surface area contributed by atoms with Gasteiger partial charge in [0.25, 0.3) is 5.56 Å². The second-order valence-corrected chi connectivity index (χ2v) is 5.73. The lowest BCUT2D eigenvalue weighted by Gasteiger charge is -2.09. The summed E-state index contributed by atoms with van der Waals surface area (Å²) < 4.78 is 2.79. The van der Waals surface area contributed by atoms with E-state index in [0.29, 0.717) is 18.1 Å². The molecule has 3 rings (SSSR count). The molecule has 0 aliphatic rings. The average molecular weight is 341 g/mol. The number of nitrogens with one attached hydrogen (secondary N) is 2. The molecular weight excluding hydrogens is 322 g/mol. The molecule has 130 valence electrons. The van der Waals surface area contributed by atoms with Crippen molar-refractivity contribution < 1.29 is 4.79 Å². The minimum absolute atomic E-state index is 0.0478. The van der Waals surface area contributed by atoms with Crippen molar-refractivity contribution in [2.45, 2.75) is 19.9 Å². The lowest BCUT2D eigenvalue weighted by Crippen LogP contribution is -2.29. The Morgan fingerprint density at radius 3 is 2.64 bits per heavy atom. The van der Waals surface area contributed by atoms with Crippen LogP contribution in [0.1, 0.15) is 23.7 Å². The van der Waals surface area contributed by atoms with Crippen LogP contribution >= 0.6 is 0 Å². The fraction of sp³-hybridized carbons (Fsp3) is 0.294. The smallest absolute Gasteiger partial charge is 0.329 e. The predicted molar refractivity (Wildman–Crippen MR) is 95.1 cm³/mol. The summed E-state index contributed by atoms with van der Waals surface area (Å²) >= 11 is 0. The van der Waals surface area contributed by atoms with E-state index in [0.717, 1.165) is 6.42 Å². The Kier molecular flexibility index (Phi) is 4.51. The van der Waals surface area contributed by atoms with Crippen LogP contribution in [0.25, 0.3) is 11.2 Å². The monoisotopic (exact) mass is 341 g/mol. The number of anilines is 1. The molecule has 2 aromatic heterocycles. The van der Waals surface area contributed by atoms with Crippen molar-refractivity contribution in [2.75, 3.05) is 11.9 Å². The molecule has 8 nitrogen and oxygen atoms in total. The first-order valence-electron chi connectivity index (χ1n) is 8.04.